The van der Waals surface area contributed by atoms with Gasteiger partial charge in [0, 0.05) is 6.04 Å². The zero-order valence-corrected chi connectivity index (χ0v) is 11.9. The molecule has 3 atom stereocenters. The molecular weight excluding hydrogens is 236 g/mol. The van der Waals surface area contributed by atoms with Crippen molar-refractivity contribution >= 4 is 5.91 Å². The summed E-state index contributed by atoms with van der Waals surface area (Å²) in [7, 11) is 0. The molecule has 0 fully saturated rings. The molecule has 1 amide bonds. The molecule has 3 unspecified atom stereocenters. The van der Waals surface area contributed by atoms with Crippen LogP contribution in [-0.2, 0) is 11.2 Å². The first-order valence-corrected chi connectivity index (χ1v) is 6.82. The average Bonchev–Trinajstić information content (AvgIpc) is 2.44. The van der Waals surface area contributed by atoms with Gasteiger partial charge in [0.25, 0.3) is 0 Å². The molecule has 3 heteroatoms. The van der Waals surface area contributed by atoms with Crippen molar-refractivity contribution in [3.63, 3.8) is 0 Å². The summed E-state index contributed by atoms with van der Waals surface area (Å²) in [6, 6.07) is 11.8. The van der Waals surface area contributed by atoms with Gasteiger partial charge in [0.1, 0.15) is 5.92 Å². The number of hydrogen-bond acceptors (Lipinski definition) is 2. The van der Waals surface area contributed by atoms with Crippen LogP contribution in [0.25, 0.3) is 0 Å². The lowest BCUT2D eigenvalue weighted by atomic mass is 9.97. The molecule has 0 aliphatic rings. The Kier molecular flexibility index (Phi) is 6.08. The Morgan fingerprint density at radius 1 is 1.32 bits per heavy atom. The minimum atomic E-state index is -0.617. The minimum Gasteiger partial charge on any atom is -0.352 e. The Bertz CT molecular complexity index is 436. The summed E-state index contributed by atoms with van der Waals surface area (Å²) in [5.74, 6) is -0.368. The lowest BCUT2D eigenvalue weighted by molar-refractivity contribution is -0.124. The first-order chi connectivity index (χ1) is 9.08. The van der Waals surface area contributed by atoms with Crippen LogP contribution < -0.4 is 5.32 Å². The molecular formula is C16H22N2O. The van der Waals surface area contributed by atoms with Gasteiger partial charge in [0.2, 0.25) is 5.91 Å². The van der Waals surface area contributed by atoms with Gasteiger partial charge in [-0.15, -0.1) is 0 Å². The van der Waals surface area contributed by atoms with Gasteiger partial charge < -0.3 is 5.32 Å². The van der Waals surface area contributed by atoms with Gasteiger partial charge >= 0.3 is 0 Å². The number of benzene rings is 1. The number of carbonyl (C=O) groups excluding carboxylic acids is 1. The second-order valence-electron chi connectivity index (χ2n) is 5.05. The Morgan fingerprint density at radius 3 is 2.47 bits per heavy atom. The van der Waals surface area contributed by atoms with Crippen LogP contribution in [0.4, 0.5) is 0 Å². The molecule has 0 saturated heterocycles. The number of nitrogens with one attached hydrogen (secondary N) is 1. The van der Waals surface area contributed by atoms with E-state index < -0.39 is 5.92 Å². The van der Waals surface area contributed by atoms with E-state index in [1.54, 1.807) is 0 Å². The third-order valence-corrected chi connectivity index (χ3v) is 3.62. The second-order valence-corrected chi connectivity index (χ2v) is 5.05. The van der Waals surface area contributed by atoms with Gasteiger partial charge in [-0.3, -0.25) is 4.79 Å². The van der Waals surface area contributed by atoms with E-state index in [1.165, 1.54) is 0 Å². The van der Waals surface area contributed by atoms with E-state index in [0.29, 0.717) is 12.3 Å². The van der Waals surface area contributed by atoms with Crippen molar-refractivity contribution in [1.29, 1.82) is 5.26 Å². The molecule has 0 aromatic heterocycles. The molecule has 1 aromatic rings. The molecule has 0 aliphatic heterocycles. The van der Waals surface area contributed by atoms with Gasteiger partial charge in [-0.05, 0) is 24.8 Å². The standard InChI is InChI=1S/C16H22N2O/c1-4-12(2)13(3)18-16(19)15(11-17)10-14-8-6-5-7-9-14/h5-9,12-13,15H,4,10H2,1-3H3,(H,18,19). The van der Waals surface area contributed by atoms with Gasteiger partial charge in [-0.25, -0.2) is 0 Å². The van der Waals surface area contributed by atoms with Crippen molar-refractivity contribution in [1.82, 2.24) is 5.32 Å². The lowest BCUT2D eigenvalue weighted by Gasteiger charge is -2.21. The van der Waals surface area contributed by atoms with Crippen molar-refractivity contribution in [3.05, 3.63) is 35.9 Å². The fourth-order valence-corrected chi connectivity index (χ4v) is 1.87. The van der Waals surface area contributed by atoms with Gasteiger partial charge in [0.05, 0.1) is 6.07 Å². The number of rotatable bonds is 6. The second kappa shape index (κ2) is 7.58. The predicted octanol–water partition coefficient (Wildman–Crippen LogP) is 2.92. The zero-order valence-electron chi connectivity index (χ0n) is 11.9. The Morgan fingerprint density at radius 2 is 1.95 bits per heavy atom. The first-order valence-electron chi connectivity index (χ1n) is 6.82. The fraction of sp³-hybridized carbons (Fsp3) is 0.500. The topological polar surface area (TPSA) is 52.9 Å². The van der Waals surface area contributed by atoms with Crippen LogP contribution in [0, 0.1) is 23.2 Å². The van der Waals surface area contributed by atoms with Crippen LogP contribution in [0.1, 0.15) is 32.8 Å². The summed E-state index contributed by atoms with van der Waals surface area (Å²) in [5.41, 5.74) is 1.01. The molecule has 0 saturated carbocycles. The minimum absolute atomic E-state index is 0.101. The van der Waals surface area contributed by atoms with E-state index in [-0.39, 0.29) is 11.9 Å². The summed E-state index contributed by atoms with van der Waals surface area (Å²) in [6.07, 6.45) is 1.48. The number of hydrogen-bond donors (Lipinski definition) is 1. The molecule has 3 nitrogen and oxygen atoms in total. The molecule has 0 aliphatic carbocycles. The van der Waals surface area contributed by atoms with Crippen LogP contribution in [0.15, 0.2) is 30.3 Å². The van der Waals surface area contributed by atoms with E-state index in [2.05, 4.69) is 25.2 Å². The molecule has 0 heterocycles. The Balaban J connectivity index is 2.61. The van der Waals surface area contributed by atoms with Crippen LogP contribution in [-0.4, -0.2) is 11.9 Å². The summed E-state index contributed by atoms with van der Waals surface area (Å²) < 4.78 is 0. The largest absolute Gasteiger partial charge is 0.352 e. The van der Waals surface area contributed by atoms with E-state index in [1.807, 2.05) is 37.3 Å². The molecule has 1 rings (SSSR count). The molecule has 19 heavy (non-hydrogen) atoms. The first kappa shape index (κ1) is 15.2. The van der Waals surface area contributed by atoms with Crippen LogP contribution in [0.3, 0.4) is 0 Å². The van der Waals surface area contributed by atoms with Crippen molar-refractivity contribution in [2.75, 3.05) is 0 Å². The number of nitriles is 1. The SMILES string of the molecule is CCC(C)C(C)NC(=O)C(C#N)Cc1ccccc1. The number of carbonyl (C=O) groups is 1. The van der Waals surface area contributed by atoms with E-state index in [4.69, 9.17) is 5.26 Å². The average molecular weight is 258 g/mol. The van der Waals surface area contributed by atoms with Crippen molar-refractivity contribution in [2.24, 2.45) is 11.8 Å². The van der Waals surface area contributed by atoms with Gasteiger partial charge in [-0.1, -0.05) is 50.6 Å². The molecule has 0 bridgehead atoms. The van der Waals surface area contributed by atoms with Gasteiger partial charge in [0.15, 0.2) is 0 Å². The molecule has 0 radical (unpaired) electrons. The van der Waals surface area contributed by atoms with E-state index in [0.717, 1.165) is 12.0 Å². The number of nitrogens with zero attached hydrogens (tertiary/aromatic N) is 1. The van der Waals surface area contributed by atoms with E-state index in [9.17, 15) is 4.79 Å². The van der Waals surface area contributed by atoms with Crippen molar-refractivity contribution in [2.45, 2.75) is 39.7 Å². The highest BCUT2D eigenvalue weighted by molar-refractivity contribution is 5.81. The van der Waals surface area contributed by atoms with Crippen LogP contribution in [0.5, 0.6) is 0 Å². The normalized spacial score (nSPS) is 15.1. The lowest BCUT2D eigenvalue weighted by Crippen LogP contribution is -2.40. The molecule has 1 N–H and O–H groups in total. The quantitative estimate of drug-likeness (QED) is 0.853. The van der Waals surface area contributed by atoms with Crippen LogP contribution >= 0.6 is 0 Å². The van der Waals surface area contributed by atoms with Crippen LogP contribution in [0.2, 0.25) is 0 Å². The smallest absolute Gasteiger partial charge is 0.237 e. The summed E-state index contributed by atoms with van der Waals surface area (Å²) in [5, 5.41) is 12.1. The summed E-state index contributed by atoms with van der Waals surface area (Å²) in [4.78, 5) is 12.1. The maximum Gasteiger partial charge on any atom is 0.237 e. The molecule has 1 aromatic carbocycles. The highest BCUT2D eigenvalue weighted by Crippen LogP contribution is 2.11. The highest BCUT2D eigenvalue weighted by atomic mass is 16.1. The van der Waals surface area contributed by atoms with Crippen molar-refractivity contribution < 1.29 is 4.79 Å². The van der Waals surface area contributed by atoms with E-state index >= 15 is 0 Å². The summed E-state index contributed by atoms with van der Waals surface area (Å²) in [6.45, 7) is 6.19. The Labute approximate surface area is 115 Å². The third-order valence-electron chi connectivity index (χ3n) is 3.62. The summed E-state index contributed by atoms with van der Waals surface area (Å²) >= 11 is 0. The monoisotopic (exact) mass is 258 g/mol. The van der Waals surface area contributed by atoms with Crippen molar-refractivity contribution in [3.8, 4) is 6.07 Å². The highest BCUT2D eigenvalue weighted by Gasteiger charge is 2.21. The maximum atomic E-state index is 12.1. The molecule has 102 valence electrons. The zero-order chi connectivity index (χ0) is 14.3. The third kappa shape index (κ3) is 4.75. The number of amides is 1. The molecule has 0 spiro atoms. The maximum absolute atomic E-state index is 12.1. The predicted molar refractivity (Wildman–Crippen MR) is 76.3 cm³/mol. The Hall–Kier alpha value is -1.82. The van der Waals surface area contributed by atoms with Gasteiger partial charge in [-0.2, -0.15) is 5.26 Å². The fourth-order valence-electron chi connectivity index (χ4n) is 1.87.